The Hall–Kier alpha value is -0.840. The zero-order chi connectivity index (χ0) is 12.0. The lowest BCUT2D eigenvalue weighted by Crippen LogP contribution is -2.35. The third-order valence-corrected chi connectivity index (χ3v) is 3.39. The first-order valence-corrected chi connectivity index (χ1v) is 6.19. The fraction of sp³-hybridized carbons (Fsp3) is 0.364. The molecule has 0 bridgehead atoms. The summed E-state index contributed by atoms with van der Waals surface area (Å²) in [7, 11) is 0. The molecule has 0 saturated carbocycles. The van der Waals surface area contributed by atoms with Crippen LogP contribution in [0, 0.1) is 0 Å². The van der Waals surface area contributed by atoms with Crippen LogP contribution in [0.2, 0.25) is 4.34 Å². The monoisotopic (exact) mass is 258 g/mol. The van der Waals surface area contributed by atoms with Gasteiger partial charge in [-0.2, -0.15) is 0 Å². The van der Waals surface area contributed by atoms with Crippen molar-refractivity contribution in [3.63, 3.8) is 0 Å². The lowest BCUT2D eigenvalue weighted by Gasteiger charge is -2.12. The van der Waals surface area contributed by atoms with Crippen LogP contribution in [0.25, 0.3) is 0 Å². The molecular formula is C11H15ClN2OS. The summed E-state index contributed by atoms with van der Waals surface area (Å²) in [5.41, 5.74) is 0. The number of hydrogen-bond donors (Lipinski definition) is 2. The first-order chi connectivity index (χ1) is 7.63. The normalized spacial score (nSPS) is 12.1. The highest BCUT2D eigenvalue weighted by Gasteiger charge is 2.10. The van der Waals surface area contributed by atoms with Gasteiger partial charge >= 0.3 is 0 Å². The molecule has 1 heterocycles. The molecule has 0 aliphatic carbocycles. The van der Waals surface area contributed by atoms with E-state index in [1.54, 1.807) is 6.08 Å². The van der Waals surface area contributed by atoms with Crippen molar-refractivity contribution in [3.8, 4) is 0 Å². The van der Waals surface area contributed by atoms with E-state index in [1.165, 1.54) is 11.3 Å². The molecular weight excluding hydrogens is 244 g/mol. The van der Waals surface area contributed by atoms with Crippen molar-refractivity contribution < 1.29 is 4.79 Å². The summed E-state index contributed by atoms with van der Waals surface area (Å²) in [4.78, 5) is 12.5. The third kappa shape index (κ3) is 4.35. The van der Waals surface area contributed by atoms with Crippen molar-refractivity contribution in [2.75, 3.05) is 13.1 Å². The maximum absolute atomic E-state index is 11.5. The number of halogens is 1. The summed E-state index contributed by atoms with van der Waals surface area (Å²) in [6.45, 7) is 6.43. The predicted octanol–water partition coefficient (Wildman–Crippen LogP) is 2.35. The SMILES string of the molecule is C=CCNCC(=O)NC(C)c1ccc(Cl)s1. The number of nitrogens with one attached hydrogen (secondary N) is 2. The summed E-state index contributed by atoms with van der Waals surface area (Å²) in [5.74, 6) is -0.0288. The fourth-order valence-electron chi connectivity index (χ4n) is 1.21. The smallest absolute Gasteiger partial charge is 0.234 e. The molecule has 1 aromatic rings. The third-order valence-electron chi connectivity index (χ3n) is 1.97. The molecule has 1 atom stereocenters. The largest absolute Gasteiger partial charge is 0.348 e. The molecule has 0 saturated heterocycles. The van der Waals surface area contributed by atoms with E-state index in [9.17, 15) is 4.79 Å². The van der Waals surface area contributed by atoms with Crippen molar-refractivity contribution in [1.82, 2.24) is 10.6 Å². The van der Waals surface area contributed by atoms with Crippen LogP contribution in [0.1, 0.15) is 17.8 Å². The Kier molecular flexibility index (Phi) is 5.52. The Balaban J connectivity index is 2.36. The molecule has 1 unspecified atom stereocenters. The Morgan fingerprint density at radius 1 is 1.69 bits per heavy atom. The second-order valence-corrected chi connectivity index (χ2v) is 5.10. The van der Waals surface area contributed by atoms with Crippen LogP contribution in [0.3, 0.4) is 0 Å². The van der Waals surface area contributed by atoms with Crippen LogP contribution in [-0.2, 0) is 4.79 Å². The zero-order valence-electron chi connectivity index (χ0n) is 9.13. The Bertz CT molecular complexity index is 365. The van der Waals surface area contributed by atoms with E-state index in [1.807, 2.05) is 19.1 Å². The van der Waals surface area contributed by atoms with Gasteiger partial charge in [0.05, 0.1) is 16.9 Å². The van der Waals surface area contributed by atoms with Crippen molar-refractivity contribution in [2.45, 2.75) is 13.0 Å². The van der Waals surface area contributed by atoms with Crippen LogP contribution >= 0.6 is 22.9 Å². The molecule has 3 nitrogen and oxygen atoms in total. The summed E-state index contributed by atoms with van der Waals surface area (Å²) < 4.78 is 0.737. The second kappa shape index (κ2) is 6.68. The van der Waals surface area contributed by atoms with Gasteiger partial charge in [-0.1, -0.05) is 17.7 Å². The molecule has 0 spiro atoms. The minimum Gasteiger partial charge on any atom is -0.348 e. The zero-order valence-corrected chi connectivity index (χ0v) is 10.7. The molecule has 0 radical (unpaired) electrons. The van der Waals surface area contributed by atoms with Crippen LogP contribution in [0.4, 0.5) is 0 Å². The highest BCUT2D eigenvalue weighted by atomic mass is 35.5. The van der Waals surface area contributed by atoms with Crippen LogP contribution in [-0.4, -0.2) is 19.0 Å². The summed E-state index contributed by atoms with van der Waals surface area (Å²) >= 11 is 7.31. The Labute approximate surface area is 105 Å². The van der Waals surface area contributed by atoms with Crippen LogP contribution in [0.5, 0.6) is 0 Å². The van der Waals surface area contributed by atoms with Gasteiger partial charge in [-0.25, -0.2) is 0 Å². The predicted molar refractivity (Wildman–Crippen MR) is 69.0 cm³/mol. The van der Waals surface area contributed by atoms with Gasteiger partial charge in [0, 0.05) is 11.4 Å². The van der Waals surface area contributed by atoms with Gasteiger partial charge < -0.3 is 10.6 Å². The summed E-state index contributed by atoms with van der Waals surface area (Å²) in [5, 5.41) is 5.83. The molecule has 1 aromatic heterocycles. The first kappa shape index (κ1) is 13.2. The van der Waals surface area contributed by atoms with Gasteiger partial charge in [-0.05, 0) is 19.1 Å². The quantitative estimate of drug-likeness (QED) is 0.608. The van der Waals surface area contributed by atoms with E-state index < -0.39 is 0 Å². The van der Waals surface area contributed by atoms with Crippen molar-refractivity contribution in [1.29, 1.82) is 0 Å². The maximum atomic E-state index is 11.5. The average Bonchev–Trinajstić information content (AvgIpc) is 2.65. The molecule has 0 fully saturated rings. The number of amides is 1. The van der Waals surface area contributed by atoms with Crippen molar-refractivity contribution in [3.05, 3.63) is 34.0 Å². The summed E-state index contributed by atoms with van der Waals surface area (Å²) in [6.07, 6.45) is 1.72. The van der Waals surface area contributed by atoms with Crippen LogP contribution in [0.15, 0.2) is 24.8 Å². The van der Waals surface area contributed by atoms with E-state index >= 15 is 0 Å². The fourth-order valence-corrected chi connectivity index (χ4v) is 2.28. The Morgan fingerprint density at radius 3 is 3.00 bits per heavy atom. The molecule has 16 heavy (non-hydrogen) atoms. The average molecular weight is 259 g/mol. The minimum absolute atomic E-state index is 0.00414. The highest BCUT2D eigenvalue weighted by Crippen LogP contribution is 2.26. The number of thiophene rings is 1. The molecule has 5 heteroatoms. The van der Waals surface area contributed by atoms with Gasteiger partial charge in [0.25, 0.3) is 0 Å². The van der Waals surface area contributed by atoms with Gasteiger partial charge in [-0.3, -0.25) is 4.79 Å². The molecule has 0 aromatic carbocycles. The molecule has 0 aliphatic heterocycles. The second-order valence-electron chi connectivity index (χ2n) is 3.35. The van der Waals surface area contributed by atoms with E-state index in [-0.39, 0.29) is 11.9 Å². The number of rotatable bonds is 6. The van der Waals surface area contributed by atoms with Crippen molar-refractivity contribution in [2.24, 2.45) is 0 Å². The molecule has 1 amide bonds. The van der Waals surface area contributed by atoms with Crippen LogP contribution < -0.4 is 10.6 Å². The molecule has 2 N–H and O–H groups in total. The number of carbonyl (C=O) groups is 1. The lowest BCUT2D eigenvalue weighted by molar-refractivity contribution is -0.120. The Morgan fingerprint density at radius 2 is 2.44 bits per heavy atom. The van der Waals surface area contributed by atoms with Gasteiger partial charge in [0.1, 0.15) is 0 Å². The molecule has 88 valence electrons. The van der Waals surface area contributed by atoms with E-state index in [2.05, 4.69) is 17.2 Å². The topological polar surface area (TPSA) is 41.1 Å². The standard InChI is InChI=1S/C11H15ClN2OS/c1-3-6-13-7-11(15)14-8(2)9-4-5-10(12)16-9/h3-5,8,13H,1,6-7H2,2H3,(H,14,15). The van der Waals surface area contributed by atoms with E-state index in [4.69, 9.17) is 11.6 Å². The highest BCUT2D eigenvalue weighted by molar-refractivity contribution is 7.16. The number of carbonyl (C=O) groups excluding carboxylic acids is 1. The van der Waals surface area contributed by atoms with E-state index in [0.717, 1.165) is 9.21 Å². The first-order valence-electron chi connectivity index (χ1n) is 4.99. The molecule has 1 rings (SSSR count). The van der Waals surface area contributed by atoms with Crippen molar-refractivity contribution >= 4 is 28.8 Å². The van der Waals surface area contributed by atoms with Gasteiger partial charge in [0.15, 0.2) is 0 Å². The van der Waals surface area contributed by atoms with Gasteiger partial charge in [0.2, 0.25) is 5.91 Å². The minimum atomic E-state index is -0.0288. The number of hydrogen-bond acceptors (Lipinski definition) is 3. The van der Waals surface area contributed by atoms with Gasteiger partial charge in [-0.15, -0.1) is 17.9 Å². The maximum Gasteiger partial charge on any atom is 0.234 e. The molecule has 0 aliphatic rings. The summed E-state index contributed by atoms with van der Waals surface area (Å²) in [6, 6.07) is 3.76. The van der Waals surface area contributed by atoms with E-state index in [0.29, 0.717) is 13.1 Å². The lowest BCUT2D eigenvalue weighted by atomic mass is 10.3.